The number of hydrogen-bond acceptors (Lipinski definition) is 4. The van der Waals surface area contributed by atoms with E-state index in [1.165, 1.54) is 4.88 Å². The van der Waals surface area contributed by atoms with Crippen molar-refractivity contribution >= 4 is 23.2 Å². The molecule has 2 heterocycles. The highest BCUT2D eigenvalue weighted by molar-refractivity contribution is 7.14. The van der Waals surface area contributed by atoms with E-state index in [1.54, 1.807) is 23.5 Å². The van der Waals surface area contributed by atoms with Crippen LogP contribution in [0.2, 0.25) is 0 Å². The van der Waals surface area contributed by atoms with E-state index in [-0.39, 0.29) is 12.6 Å². The Bertz CT molecular complexity index is 670. The Labute approximate surface area is 121 Å². The van der Waals surface area contributed by atoms with Crippen LogP contribution in [0.1, 0.15) is 27.0 Å². The summed E-state index contributed by atoms with van der Waals surface area (Å²) in [6, 6.07) is 9.53. The lowest BCUT2D eigenvalue weighted by Gasteiger charge is -1.99. The Kier molecular flexibility index (Phi) is 3.56. The normalized spacial score (nSPS) is 13.1. The van der Waals surface area contributed by atoms with Crippen LogP contribution < -0.4 is 9.47 Å². The predicted molar refractivity (Wildman–Crippen MR) is 79.6 cm³/mol. The zero-order valence-electron chi connectivity index (χ0n) is 11.1. The monoisotopic (exact) mass is 286 g/mol. The molecule has 0 atom stereocenters. The van der Waals surface area contributed by atoms with Gasteiger partial charge in [-0.25, -0.2) is 0 Å². The second-order valence-electron chi connectivity index (χ2n) is 4.40. The fourth-order valence-corrected chi connectivity index (χ4v) is 2.90. The van der Waals surface area contributed by atoms with Gasteiger partial charge in [-0.05, 0) is 36.8 Å². The molecule has 0 spiro atoms. The summed E-state index contributed by atoms with van der Waals surface area (Å²) in [5.41, 5.74) is 0.862. The molecule has 1 aromatic carbocycles. The summed E-state index contributed by atoms with van der Waals surface area (Å²) in [5, 5.41) is 0. The van der Waals surface area contributed by atoms with Crippen molar-refractivity contribution in [2.45, 2.75) is 13.3 Å². The molecule has 3 rings (SSSR count). The second-order valence-corrected chi connectivity index (χ2v) is 5.57. The molecule has 0 amide bonds. The van der Waals surface area contributed by atoms with Gasteiger partial charge in [0.05, 0.1) is 4.88 Å². The van der Waals surface area contributed by atoms with Crippen LogP contribution >= 0.6 is 11.3 Å². The smallest absolute Gasteiger partial charge is 0.231 e. The Morgan fingerprint density at radius 2 is 2.20 bits per heavy atom. The van der Waals surface area contributed by atoms with Crippen LogP contribution in [0.25, 0.3) is 6.08 Å². The molecular formula is C16H14O3S. The summed E-state index contributed by atoms with van der Waals surface area (Å²) in [4.78, 5) is 14.1. The highest BCUT2D eigenvalue weighted by Gasteiger charge is 2.15. The minimum Gasteiger partial charge on any atom is -0.454 e. The standard InChI is InChI=1S/C16H14O3S/c1-2-12-7-9-15(20-12)13(17)8-6-11-4-3-5-14-16(11)19-10-18-14/h3-9H,2,10H2,1H3/b8-6+. The number of allylic oxidation sites excluding steroid dienone is 1. The summed E-state index contributed by atoms with van der Waals surface area (Å²) >= 11 is 1.54. The highest BCUT2D eigenvalue weighted by Crippen LogP contribution is 2.36. The largest absolute Gasteiger partial charge is 0.454 e. The number of fused-ring (bicyclic) bond motifs is 1. The third-order valence-corrected chi connectivity index (χ3v) is 4.34. The average Bonchev–Trinajstić information content (AvgIpc) is 3.13. The van der Waals surface area contributed by atoms with Gasteiger partial charge in [0, 0.05) is 10.4 Å². The number of rotatable bonds is 4. The molecule has 0 aliphatic carbocycles. The van der Waals surface area contributed by atoms with Crippen LogP contribution in [0.3, 0.4) is 0 Å². The van der Waals surface area contributed by atoms with Crippen LogP contribution in [0, 0.1) is 0 Å². The van der Waals surface area contributed by atoms with Gasteiger partial charge in [-0.3, -0.25) is 4.79 Å². The number of thiophene rings is 1. The van der Waals surface area contributed by atoms with E-state index >= 15 is 0 Å². The number of carbonyl (C=O) groups is 1. The van der Waals surface area contributed by atoms with Gasteiger partial charge in [0.2, 0.25) is 6.79 Å². The molecule has 0 saturated carbocycles. The average molecular weight is 286 g/mol. The van der Waals surface area contributed by atoms with Gasteiger partial charge in [-0.2, -0.15) is 0 Å². The number of hydrogen-bond donors (Lipinski definition) is 0. The van der Waals surface area contributed by atoms with Crippen LogP contribution in [-0.4, -0.2) is 12.6 Å². The Morgan fingerprint density at radius 3 is 3.00 bits per heavy atom. The lowest BCUT2D eigenvalue weighted by atomic mass is 10.1. The summed E-state index contributed by atoms with van der Waals surface area (Å²) in [5.74, 6) is 1.45. The summed E-state index contributed by atoms with van der Waals surface area (Å²) in [6.07, 6.45) is 4.32. The first-order valence-corrected chi connectivity index (χ1v) is 7.29. The van der Waals surface area contributed by atoms with Crippen LogP contribution in [-0.2, 0) is 6.42 Å². The van der Waals surface area contributed by atoms with Gasteiger partial charge in [0.25, 0.3) is 0 Å². The van der Waals surface area contributed by atoms with Gasteiger partial charge >= 0.3 is 0 Å². The van der Waals surface area contributed by atoms with Crippen molar-refractivity contribution in [1.29, 1.82) is 0 Å². The molecule has 1 aromatic heterocycles. The molecule has 0 bridgehead atoms. The Morgan fingerprint density at radius 1 is 1.30 bits per heavy atom. The first-order valence-electron chi connectivity index (χ1n) is 6.47. The maximum absolute atomic E-state index is 12.1. The molecule has 4 heteroatoms. The number of benzene rings is 1. The van der Waals surface area contributed by atoms with Gasteiger partial charge in [0.15, 0.2) is 17.3 Å². The van der Waals surface area contributed by atoms with E-state index < -0.39 is 0 Å². The molecule has 2 aromatic rings. The van der Waals surface area contributed by atoms with Crippen LogP contribution in [0.15, 0.2) is 36.4 Å². The molecule has 20 heavy (non-hydrogen) atoms. The molecule has 1 aliphatic heterocycles. The molecule has 0 radical (unpaired) electrons. The molecule has 1 aliphatic rings. The van der Waals surface area contributed by atoms with Crippen LogP contribution in [0.4, 0.5) is 0 Å². The van der Waals surface area contributed by atoms with E-state index in [0.29, 0.717) is 5.75 Å². The summed E-state index contributed by atoms with van der Waals surface area (Å²) in [6.45, 7) is 2.32. The van der Waals surface area contributed by atoms with E-state index in [0.717, 1.165) is 22.6 Å². The van der Waals surface area contributed by atoms with Gasteiger partial charge in [0.1, 0.15) is 0 Å². The van der Waals surface area contributed by atoms with Crippen molar-refractivity contribution in [2.75, 3.05) is 6.79 Å². The van der Waals surface area contributed by atoms with Crippen molar-refractivity contribution in [3.63, 3.8) is 0 Å². The maximum atomic E-state index is 12.1. The number of aryl methyl sites for hydroxylation is 1. The second kappa shape index (κ2) is 5.51. The molecule has 0 fully saturated rings. The SMILES string of the molecule is CCc1ccc(C(=O)/C=C/c2cccc3c2OCO3)s1. The van der Waals surface area contributed by atoms with Crippen molar-refractivity contribution in [3.8, 4) is 11.5 Å². The fourth-order valence-electron chi connectivity index (χ4n) is 2.03. The number of ether oxygens (including phenoxy) is 2. The fraction of sp³-hybridized carbons (Fsp3) is 0.188. The molecule has 0 N–H and O–H groups in total. The first-order chi connectivity index (χ1) is 9.78. The highest BCUT2D eigenvalue weighted by atomic mass is 32.1. The zero-order chi connectivity index (χ0) is 13.9. The predicted octanol–water partition coefficient (Wildman–Crippen LogP) is 3.94. The van der Waals surface area contributed by atoms with Gasteiger partial charge < -0.3 is 9.47 Å². The van der Waals surface area contributed by atoms with Crippen molar-refractivity contribution in [2.24, 2.45) is 0 Å². The summed E-state index contributed by atoms with van der Waals surface area (Å²) < 4.78 is 10.7. The molecule has 0 unspecified atom stereocenters. The van der Waals surface area contributed by atoms with Crippen molar-refractivity contribution < 1.29 is 14.3 Å². The quantitative estimate of drug-likeness (QED) is 0.631. The third kappa shape index (κ3) is 2.47. The number of para-hydroxylation sites is 1. The zero-order valence-corrected chi connectivity index (χ0v) is 11.9. The molecule has 0 saturated heterocycles. The lowest BCUT2D eigenvalue weighted by Crippen LogP contribution is -1.93. The van der Waals surface area contributed by atoms with Crippen molar-refractivity contribution in [1.82, 2.24) is 0 Å². The van der Waals surface area contributed by atoms with Gasteiger partial charge in [-0.15, -0.1) is 11.3 Å². The maximum Gasteiger partial charge on any atom is 0.231 e. The third-order valence-electron chi connectivity index (χ3n) is 3.09. The minimum absolute atomic E-state index is 0.0196. The molecule has 102 valence electrons. The van der Waals surface area contributed by atoms with E-state index in [4.69, 9.17) is 9.47 Å². The van der Waals surface area contributed by atoms with Crippen molar-refractivity contribution in [3.05, 3.63) is 51.7 Å². The van der Waals surface area contributed by atoms with E-state index in [1.807, 2.05) is 30.3 Å². The van der Waals surface area contributed by atoms with E-state index in [9.17, 15) is 4.79 Å². The lowest BCUT2D eigenvalue weighted by molar-refractivity contribution is 0.105. The topological polar surface area (TPSA) is 35.5 Å². The number of carbonyl (C=O) groups excluding carboxylic acids is 1. The minimum atomic E-state index is 0.0196. The molecule has 3 nitrogen and oxygen atoms in total. The molecular weight excluding hydrogens is 272 g/mol. The van der Waals surface area contributed by atoms with E-state index in [2.05, 4.69) is 6.92 Å². The summed E-state index contributed by atoms with van der Waals surface area (Å²) in [7, 11) is 0. The number of ketones is 1. The Balaban J connectivity index is 1.80. The van der Waals surface area contributed by atoms with Crippen LogP contribution in [0.5, 0.6) is 11.5 Å². The van der Waals surface area contributed by atoms with Gasteiger partial charge in [-0.1, -0.05) is 19.1 Å². The Hall–Kier alpha value is -2.07. The first kappa shape index (κ1) is 12.9.